The maximum atomic E-state index is 4.50. The highest BCUT2D eigenvalue weighted by Gasteiger charge is 2.17. The predicted molar refractivity (Wildman–Crippen MR) is 82.7 cm³/mol. The standard InChI is InChI=1S/C13H15BrN4S/c1-9-7-18(3-2-15-9)13-16-5-10(6-17-13)12-4-11(14)8-19-12/h4-6,8-9,15H,2-3,7H2,1H3. The van der Waals surface area contributed by atoms with E-state index in [4.69, 9.17) is 0 Å². The van der Waals surface area contributed by atoms with Gasteiger partial charge in [-0.3, -0.25) is 0 Å². The molecule has 2 aromatic rings. The summed E-state index contributed by atoms with van der Waals surface area (Å²) in [5, 5.41) is 5.49. The maximum absolute atomic E-state index is 4.50. The molecule has 6 heteroatoms. The Labute approximate surface area is 125 Å². The summed E-state index contributed by atoms with van der Waals surface area (Å²) in [7, 11) is 0. The first-order valence-corrected chi connectivity index (χ1v) is 7.94. The minimum absolute atomic E-state index is 0.491. The van der Waals surface area contributed by atoms with Crippen LogP contribution in [0.3, 0.4) is 0 Å². The second-order valence-electron chi connectivity index (χ2n) is 4.70. The van der Waals surface area contributed by atoms with Gasteiger partial charge in [0.15, 0.2) is 0 Å². The molecule has 0 amide bonds. The van der Waals surface area contributed by atoms with Crippen LogP contribution in [-0.2, 0) is 0 Å². The van der Waals surface area contributed by atoms with Crippen LogP contribution in [0.25, 0.3) is 10.4 Å². The number of thiophene rings is 1. The molecule has 0 saturated carbocycles. The van der Waals surface area contributed by atoms with Crippen LogP contribution in [-0.4, -0.2) is 35.6 Å². The fourth-order valence-corrected chi connectivity index (χ4v) is 3.60. The van der Waals surface area contributed by atoms with Crippen molar-refractivity contribution in [3.8, 4) is 10.4 Å². The second kappa shape index (κ2) is 5.56. The molecule has 1 aliphatic heterocycles. The Bertz CT molecular complexity index is 554. The molecule has 3 heterocycles. The van der Waals surface area contributed by atoms with Gasteiger partial charge in [-0.25, -0.2) is 9.97 Å². The highest BCUT2D eigenvalue weighted by atomic mass is 79.9. The molecular weight excluding hydrogens is 324 g/mol. The molecule has 1 aliphatic rings. The molecule has 1 fully saturated rings. The van der Waals surface area contributed by atoms with E-state index in [1.165, 1.54) is 4.88 Å². The lowest BCUT2D eigenvalue weighted by Crippen LogP contribution is -2.49. The molecule has 2 aromatic heterocycles. The monoisotopic (exact) mass is 338 g/mol. The summed E-state index contributed by atoms with van der Waals surface area (Å²) in [6.45, 7) is 5.10. The van der Waals surface area contributed by atoms with Crippen molar-refractivity contribution in [1.82, 2.24) is 15.3 Å². The Morgan fingerprint density at radius 3 is 2.84 bits per heavy atom. The zero-order valence-corrected chi connectivity index (χ0v) is 13.0. The Kier molecular flexibility index (Phi) is 3.81. The molecule has 4 nitrogen and oxygen atoms in total. The quantitative estimate of drug-likeness (QED) is 0.914. The topological polar surface area (TPSA) is 41.1 Å². The lowest BCUT2D eigenvalue weighted by molar-refractivity contribution is 0.479. The van der Waals surface area contributed by atoms with Crippen molar-refractivity contribution in [2.75, 3.05) is 24.5 Å². The van der Waals surface area contributed by atoms with Gasteiger partial charge in [-0.05, 0) is 28.9 Å². The molecule has 0 aliphatic carbocycles. The van der Waals surface area contributed by atoms with E-state index in [9.17, 15) is 0 Å². The van der Waals surface area contributed by atoms with E-state index < -0.39 is 0 Å². The van der Waals surface area contributed by atoms with Crippen LogP contribution in [0.1, 0.15) is 6.92 Å². The summed E-state index contributed by atoms with van der Waals surface area (Å²) in [6.07, 6.45) is 3.82. The van der Waals surface area contributed by atoms with Gasteiger partial charge in [-0.15, -0.1) is 11.3 Å². The van der Waals surface area contributed by atoms with Crippen LogP contribution in [0, 0.1) is 0 Å². The number of halogens is 1. The largest absolute Gasteiger partial charge is 0.338 e. The van der Waals surface area contributed by atoms with E-state index >= 15 is 0 Å². The minimum atomic E-state index is 0.491. The Morgan fingerprint density at radius 2 is 2.21 bits per heavy atom. The zero-order chi connectivity index (χ0) is 13.2. The van der Waals surface area contributed by atoms with Crippen LogP contribution in [0.4, 0.5) is 5.95 Å². The number of hydrogen-bond donors (Lipinski definition) is 1. The van der Waals surface area contributed by atoms with Gasteiger partial charge < -0.3 is 10.2 Å². The maximum Gasteiger partial charge on any atom is 0.225 e. The smallest absolute Gasteiger partial charge is 0.225 e. The Balaban J connectivity index is 1.78. The summed E-state index contributed by atoms with van der Waals surface area (Å²) < 4.78 is 1.10. The fourth-order valence-electron chi connectivity index (χ4n) is 2.19. The lowest BCUT2D eigenvalue weighted by atomic mass is 10.2. The van der Waals surface area contributed by atoms with Crippen LogP contribution in [0.5, 0.6) is 0 Å². The minimum Gasteiger partial charge on any atom is -0.338 e. The molecule has 0 aromatic carbocycles. The molecule has 1 unspecified atom stereocenters. The number of nitrogens with zero attached hydrogens (tertiary/aromatic N) is 3. The number of rotatable bonds is 2. The van der Waals surface area contributed by atoms with Crippen LogP contribution in [0.15, 0.2) is 28.3 Å². The molecule has 1 saturated heterocycles. The van der Waals surface area contributed by atoms with Crippen LogP contribution in [0.2, 0.25) is 0 Å². The lowest BCUT2D eigenvalue weighted by Gasteiger charge is -2.31. The molecular formula is C13H15BrN4S. The second-order valence-corrected chi connectivity index (χ2v) is 6.53. The first-order valence-electron chi connectivity index (χ1n) is 6.27. The van der Waals surface area contributed by atoms with Gasteiger partial charge in [0.1, 0.15) is 0 Å². The van der Waals surface area contributed by atoms with Gasteiger partial charge in [0.25, 0.3) is 0 Å². The number of nitrogens with one attached hydrogen (secondary N) is 1. The van der Waals surface area contributed by atoms with E-state index in [0.717, 1.165) is 35.6 Å². The highest BCUT2D eigenvalue weighted by molar-refractivity contribution is 9.10. The molecule has 3 rings (SSSR count). The van der Waals surface area contributed by atoms with E-state index in [-0.39, 0.29) is 0 Å². The summed E-state index contributed by atoms with van der Waals surface area (Å²) in [4.78, 5) is 12.4. The Hall–Kier alpha value is -0.980. The zero-order valence-electron chi connectivity index (χ0n) is 10.6. The van der Waals surface area contributed by atoms with Gasteiger partial charge in [0.05, 0.1) is 0 Å². The van der Waals surface area contributed by atoms with Gasteiger partial charge >= 0.3 is 0 Å². The number of anilines is 1. The SMILES string of the molecule is CC1CN(c2ncc(-c3cc(Br)cs3)cn2)CCN1. The third-order valence-corrected chi connectivity index (χ3v) is 4.88. The van der Waals surface area contributed by atoms with Crippen molar-refractivity contribution < 1.29 is 0 Å². The van der Waals surface area contributed by atoms with Crippen LogP contribution >= 0.6 is 27.3 Å². The first kappa shape index (κ1) is 13.0. The fraction of sp³-hybridized carbons (Fsp3) is 0.385. The molecule has 0 radical (unpaired) electrons. The molecule has 0 spiro atoms. The van der Waals surface area contributed by atoms with Crippen molar-refractivity contribution in [3.05, 3.63) is 28.3 Å². The average molecular weight is 339 g/mol. The van der Waals surface area contributed by atoms with E-state index in [1.807, 2.05) is 12.4 Å². The summed E-state index contributed by atoms with van der Waals surface area (Å²) in [5.74, 6) is 0.827. The van der Waals surface area contributed by atoms with Gasteiger partial charge in [0, 0.05) is 58.4 Å². The molecule has 100 valence electrons. The van der Waals surface area contributed by atoms with Crippen molar-refractivity contribution in [1.29, 1.82) is 0 Å². The van der Waals surface area contributed by atoms with Crippen molar-refractivity contribution >= 4 is 33.2 Å². The Morgan fingerprint density at radius 1 is 1.42 bits per heavy atom. The van der Waals surface area contributed by atoms with Crippen LogP contribution < -0.4 is 10.2 Å². The van der Waals surface area contributed by atoms with E-state index in [1.54, 1.807) is 11.3 Å². The number of aromatic nitrogens is 2. The number of piperazine rings is 1. The van der Waals surface area contributed by atoms with Crippen molar-refractivity contribution in [3.63, 3.8) is 0 Å². The van der Waals surface area contributed by atoms with Crippen molar-refractivity contribution in [2.24, 2.45) is 0 Å². The predicted octanol–water partition coefficient (Wildman–Crippen LogP) is 2.77. The molecule has 19 heavy (non-hydrogen) atoms. The molecule has 0 bridgehead atoms. The highest BCUT2D eigenvalue weighted by Crippen LogP contribution is 2.29. The summed E-state index contributed by atoms with van der Waals surface area (Å²) in [5.41, 5.74) is 1.07. The average Bonchev–Trinajstić information content (AvgIpc) is 2.86. The van der Waals surface area contributed by atoms with Gasteiger partial charge in [0.2, 0.25) is 5.95 Å². The summed E-state index contributed by atoms with van der Waals surface area (Å²) >= 11 is 5.16. The van der Waals surface area contributed by atoms with Crippen molar-refractivity contribution in [2.45, 2.75) is 13.0 Å². The van der Waals surface area contributed by atoms with E-state index in [0.29, 0.717) is 6.04 Å². The third kappa shape index (κ3) is 2.96. The first-order chi connectivity index (χ1) is 9.22. The summed E-state index contributed by atoms with van der Waals surface area (Å²) in [6, 6.07) is 2.58. The van der Waals surface area contributed by atoms with Gasteiger partial charge in [-0.2, -0.15) is 0 Å². The molecule has 1 N–H and O–H groups in total. The van der Waals surface area contributed by atoms with Gasteiger partial charge in [-0.1, -0.05) is 0 Å². The van der Waals surface area contributed by atoms with E-state index in [2.05, 4.69) is 54.5 Å². The molecule has 1 atom stereocenters. The number of hydrogen-bond acceptors (Lipinski definition) is 5. The third-order valence-electron chi connectivity index (χ3n) is 3.14. The normalized spacial score (nSPS) is 19.7.